The predicted octanol–water partition coefficient (Wildman–Crippen LogP) is 2.46. The third-order valence-corrected chi connectivity index (χ3v) is 5.52. The Kier molecular flexibility index (Phi) is 3.68. The van der Waals surface area contributed by atoms with Gasteiger partial charge in [-0.15, -0.1) is 0 Å². The number of aromatic nitrogens is 2. The first-order valence-corrected chi connectivity index (χ1v) is 8.67. The van der Waals surface area contributed by atoms with Crippen molar-refractivity contribution in [1.82, 2.24) is 14.5 Å². The van der Waals surface area contributed by atoms with E-state index < -0.39 is 5.60 Å². The van der Waals surface area contributed by atoms with Gasteiger partial charge in [-0.05, 0) is 37.7 Å². The molecule has 0 radical (unpaired) electrons. The van der Waals surface area contributed by atoms with Crippen molar-refractivity contribution in [3.05, 3.63) is 42.2 Å². The first-order valence-electron chi connectivity index (χ1n) is 8.67. The molecule has 0 atom stereocenters. The molecular formula is C19H23N3O2. The van der Waals surface area contributed by atoms with E-state index in [0.29, 0.717) is 11.5 Å². The van der Waals surface area contributed by atoms with Gasteiger partial charge in [-0.2, -0.15) is 0 Å². The standard InChI is InChI=1S/C19H23N3O2/c1-21-13-10-20-17(21)15-4-2-3-5-16(15)18(23)22-11-6-14(7-12-22)19(24)8-9-19/h2-5,10,13-14,24H,6-9,11-12H2,1H3. The number of benzene rings is 1. The molecule has 0 bridgehead atoms. The number of hydrogen-bond acceptors (Lipinski definition) is 3. The third-order valence-electron chi connectivity index (χ3n) is 5.52. The third kappa shape index (κ3) is 2.63. The monoisotopic (exact) mass is 325 g/mol. The maximum Gasteiger partial charge on any atom is 0.254 e. The number of likely N-dealkylation sites (tertiary alicyclic amines) is 1. The zero-order valence-electron chi connectivity index (χ0n) is 14.0. The van der Waals surface area contributed by atoms with Crippen molar-refractivity contribution in [3.63, 3.8) is 0 Å². The van der Waals surface area contributed by atoms with E-state index in [9.17, 15) is 9.90 Å². The minimum absolute atomic E-state index is 0.0647. The quantitative estimate of drug-likeness (QED) is 0.943. The summed E-state index contributed by atoms with van der Waals surface area (Å²) in [5, 5.41) is 10.3. The van der Waals surface area contributed by atoms with Gasteiger partial charge in [0.1, 0.15) is 5.82 Å². The van der Waals surface area contributed by atoms with Crippen LogP contribution in [0.25, 0.3) is 11.4 Å². The molecule has 1 aliphatic carbocycles. The van der Waals surface area contributed by atoms with Gasteiger partial charge in [-0.1, -0.05) is 18.2 Å². The topological polar surface area (TPSA) is 58.4 Å². The highest BCUT2D eigenvalue weighted by molar-refractivity contribution is 6.00. The Labute approximate surface area is 141 Å². The van der Waals surface area contributed by atoms with E-state index in [0.717, 1.165) is 50.2 Å². The first kappa shape index (κ1) is 15.4. The van der Waals surface area contributed by atoms with Crippen LogP contribution >= 0.6 is 0 Å². The molecule has 2 aliphatic rings. The normalized spacial score (nSPS) is 20.2. The van der Waals surface area contributed by atoms with Crippen molar-refractivity contribution >= 4 is 5.91 Å². The van der Waals surface area contributed by atoms with E-state index >= 15 is 0 Å². The van der Waals surface area contributed by atoms with E-state index in [4.69, 9.17) is 0 Å². The van der Waals surface area contributed by atoms with Gasteiger partial charge in [0.25, 0.3) is 5.91 Å². The fourth-order valence-corrected chi connectivity index (χ4v) is 3.82. The van der Waals surface area contributed by atoms with Crippen LogP contribution in [0.15, 0.2) is 36.7 Å². The number of carbonyl (C=O) groups is 1. The molecule has 4 rings (SSSR count). The van der Waals surface area contributed by atoms with Crippen LogP contribution in [0.4, 0.5) is 0 Å². The van der Waals surface area contributed by atoms with E-state index in [-0.39, 0.29) is 5.91 Å². The molecule has 1 saturated carbocycles. The lowest BCUT2D eigenvalue weighted by Crippen LogP contribution is -2.42. The molecule has 1 amide bonds. The summed E-state index contributed by atoms with van der Waals surface area (Å²) in [7, 11) is 1.94. The van der Waals surface area contributed by atoms with Gasteiger partial charge >= 0.3 is 0 Å². The van der Waals surface area contributed by atoms with Crippen LogP contribution in [-0.4, -0.2) is 44.2 Å². The molecule has 1 aromatic carbocycles. The fraction of sp³-hybridized carbons (Fsp3) is 0.474. The number of aryl methyl sites for hydroxylation is 1. The largest absolute Gasteiger partial charge is 0.390 e. The summed E-state index contributed by atoms with van der Waals surface area (Å²) < 4.78 is 1.93. The van der Waals surface area contributed by atoms with Crippen LogP contribution < -0.4 is 0 Å². The van der Waals surface area contributed by atoms with Crippen molar-refractivity contribution in [1.29, 1.82) is 0 Å². The predicted molar refractivity (Wildman–Crippen MR) is 91.5 cm³/mol. The molecule has 2 heterocycles. The number of nitrogens with zero attached hydrogens (tertiary/aromatic N) is 3. The summed E-state index contributed by atoms with van der Waals surface area (Å²) in [5.41, 5.74) is 1.15. The number of piperidine rings is 1. The summed E-state index contributed by atoms with van der Waals surface area (Å²) in [5.74, 6) is 1.22. The molecule has 0 unspecified atom stereocenters. The van der Waals surface area contributed by atoms with Gasteiger partial charge in [-0.3, -0.25) is 4.79 Å². The van der Waals surface area contributed by atoms with Crippen LogP contribution in [0.3, 0.4) is 0 Å². The Balaban J connectivity index is 1.54. The molecule has 2 aromatic rings. The van der Waals surface area contributed by atoms with E-state index in [1.54, 1.807) is 6.20 Å². The highest BCUT2D eigenvalue weighted by Gasteiger charge is 2.48. The number of carbonyl (C=O) groups excluding carboxylic acids is 1. The molecule has 126 valence electrons. The average Bonchev–Trinajstić information content (AvgIpc) is 3.23. The van der Waals surface area contributed by atoms with Crippen molar-refractivity contribution in [2.24, 2.45) is 13.0 Å². The lowest BCUT2D eigenvalue weighted by Gasteiger charge is -2.34. The summed E-state index contributed by atoms with van der Waals surface area (Å²) >= 11 is 0. The van der Waals surface area contributed by atoms with Crippen molar-refractivity contribution in [2.75, 3.05) is 13.1 Å². The molecule has 0 spiro atoms. The van der Waals surface area contributed by atoms with Crippen molar-refractivity contribution < 1.29 is 9.90 Å². The Morgan fingerprint density at radius 3 is 2.58 bits per heavy atom. The van der Waals surface area contributed by atoms with Crippen molar-refractivity contribution in [3.8, 4) is 11.4 Å². The molecule has 5 heteroatoms. The highest BCUT2D eigenvalue weighted by atomic mass is 16.3. The Morgan fingerprint density at radius 1 is 1.25 bits per heavy atom. The van der Waals surface area contributed by atoms with Gasteiger partial charge in [0.15, 0.2) is 0 Å². The Morgan fingerprint density at radius 2 is 1.96 bits per heavy atom. The maximum atomic E-state index is 13.0. The van der Waals surface area contributed by atoms with E-state index in [1.165, 1.54) is 0 Å². The minimum atomic E-state index is -0.431. The smallest absolute Gasteiger partial charge is 0.254 e. The van der Waals surface area contributed by atoms with Gasteiger partial charge in [0, 0.05) is 38.1 Å². The molecule has 2 fully saturated rings. The second-order valence-corrected chi connectivity index (χ2v) is 7.08. The number of amides is 1. The van der Waals surface area contributed by atoms with Gasteiger partial charge in [0.05, 0.1) is 11.2 Å². The second kappa shape index (κ2) is 5.74. The number of aliphatic hydroxyl groups is 1. The van der Waals surface area contributed by atoms with E-state index in [2.05, 4.69) is 4.98 Å². The molecule has 1 N–H and O–H groups in total. The first-order chi connectivity index (χ1) is 11.6. The fourth-order valence-electron chi connectivity index (χ4n) is 3.82. The van der Waals surface area contributed by atoms with Gasteiger partial charge < -0.3 is 14.6 Å². The summed E-state index contributed by atoms with van der Waals surface area (Å²) in [6.45, 7) is 1.45. The number of hydrogen-bond donors (Lipinski definition) is 1. The molecule has 1 aliphatic heterocycles. The minimum Gasteiger partial charge on any atom is -0.390 e. The average molecular weight is 325 g/mol. The molecule has 1 saturated heterocycles. The maximum absolute atomic E-state index is 13.0. The molecule has 24 heavy (non-hydrogen) atoms. The summed E-state index contributed by atoms with van der Waals surface area (Å²) in [6, 6.07) is 7.68. The lowest BCUT2D eigenvalue weighted by atomic mass is 9.89. The summed E-state index contributed by atoms with van der Waals surface area (Å²) in [4.78, 5) is 19.3. The van der Waals surface area contributed by atoms with Crippen LogP contribution in [0.5, 0.6) is 0 Å². The van der Waals surface area contributed by atoms with Gasteiger partial charge in [-0.25, -0.2) is 4.98 Å². The number of imidazole rings is 1. The van der Waals surface area contributed by atoms with Crippen LogP contribution in [0.1, 0.15) is 36.0 Å². The van der Waals surface area contributed by atoms with Crippen molar-refractivity contribution in [2.45, 2.75) is 31.3 Å². The van der Waals surface area contributed by atoms with Crippen LogP contribution in [-0.2, 0) is 7.05 Å². The van der Waals surface area contributed by atoms with E-state index in [1.807, 2.05) is 47.0 Å². The molecule has 5 nitrogen and oxygen atoms in total. The highest BCUT2D eigenvalue weighted by Crippen LogP contribution is 2.46. The SMILES string of the molecule is Cn1ccnc1-c1ccccc1C(=O)N1CCC(C2(O)CC2)CC1. The van der Waals surface area contributed by atoms with Crippen LogP contribution in [0, 0.1) is 5.92 Å². The Hall–Kier alpha value is -2.14. The number of rotatable bonds is 3. The zero-order valence-corrected chi connectivity index (χ0v) is 14.0. The zero-order chi connectivity index (χ0) is 16.7. The lowest BCUT2D eigenvalue weighted by molar-refractivity contribution is 0.0341. The summed E-state index contributed by atoms with van der Waals surface area (Å²) in [6.07, 6.45) is 7.28. The molecule has 1 aromatic heterocycles. The Bertz CT molecular complexity index is 755. The molecular weight excluding hydrogens is 302 g/mol. The second-order valence-electron chi connectivity index (χ2n) is 7.08. The van der Waals surface area contributed by atoms with Crippen LogP contribution in [0.2, 0.25) is 0 Å². The van der Waals surface area contributed by atoms with Gasteiger partial charge in [0.2, 0.25) is 0 Å².